The number of anilines is 1. The molecule has 0 aromatic carbocycles. The van der Waals surface area contributed by atoms with Crippen molar-refractivity contribution in [3.05, 3.63) is 47.9 Å². The lowest BCUT2D eigenvalue weighted by Gasteiger charge is -2.16. The molecule has 1 amide bonds. The fourth-order valence-corrected chi connectivity index (χ4v) is 3.15. The number of nitriles is 1. The van der Waals surface area contributed by atoms with Crippen LogP contribution < -0.4 is 10.6 Å². The molecule has 3 heterocycles. The Morgan fingerprint density at radius 1 is 1.23 bits per heavy atom. The Balaban J connectivity index is 1.83. The van der Waals surface area contributed by atoms with Gasteiger partial charge in [-0.05, 0) is 46.2 Å². The van der Waals surface area contributed by atoms with Gasteiger partial charge in [0.05, 0.1) is 22.9 Å². The molecule has 0 aliphatic heterocycles. The Kier molecular flexibility index (Phi) is 7.21. The largest absolute Gasteiger partial charge is 0.382 e. The molecule has 0 bridgehead atoms. The first-order chi connectivity index (χ1) is 14.9. The lowest BCUT2D eigenvalue weighted by molar-refractivity contribution is 0.0757. The second kappa shape index (κ2) is 10.0. The fraction of sp³-hybridized carbons (Fsp3) is 0.391. The van der Waals surface area contributed by atoms with E-state index in [1.807, 2.05) is 50.6 Å². The van der Waals surface area contributed by atoms with Gasteiger partial charge in [-0.15, -0.1) is 0 Å². The molecule has 3 aromatic heterocycles. The minimum atomic E-state index is -0.180. The Morgan fingerprint density at radius 3 is 2.74 bits per heavy atom. The van der Waals surface area contributed by atoms with Gasteiger partial charge in [-0.3, -0.25) is 9.36 Å². The van der Waals surface area contributed by atoms with Gasteiger partial charge in [0.25, 0.3) is 5.91 Å². The number of hydrogen-bond acceptors (Lipinski definition) is 6. The molecule has 0 unspecified atom stereocenters. The van der Waals surface area contributed by atoms with Crippen molar-refractivity contribution < 1.29 is 9.53 Å². The van der Waals surface area contributed by atoms with Gasteiger partial charge in [0.15, 0.2) is 0 Å². The van der Waals surface area contributed by atoms with Crippen LogP contribution in [0.1, 0.15) is 50.0 Å². The highest BCUT2D eigenvalue weighted by molar-refractivity contribution is 5.99. The molecule has 162 valence electrons. The number of pyridine rings is 2. The fourth-order valence-electron chi connectivity index (χ4n) is 3.15. The first-order valence-corrected chi connectivity index (χ1v) is 10.4. The third kappa shape index (κ3) is 5.58. The highest BCUT2D eigenvalue weighted by Gasteiger charge is 2.16. The molecule has 2 N–H and O–H groups in total. The van der Waals surface area contributed by atoms with Crippen LogP contribution in [0, 0.1) is 11.3 Å². The molecule has 0 saturated carbocycles. The second-order valence-corrected chi connectivity index (χ2v) is 7.85. The molecule has 0 radical (unpaired) electrons. The number of aromatic nitrogens is 3. The molecule has 0 atom stereocenters. The summed E-state index contributed by atoms with van der Waals surface area (Å²) >= 11 is 0. The summed E-state index contributed by atoms with van der Waals surface area (Å²) in [7, 11) is 0. The minimum absolute atomic E-state index is 0.138. The van der Waals surface area contributed by atoms with Gasteiger partial charge < -0.3 is 15.4 Å². The number of rotatable bonds is 9. The third-order valence-corrected chi connectivity index (χ3v) is 4.54. The standard InChI is InChI=1S/C23H28N6O2/c1-15(2)28-20-11-21(29-8-6-18-10-17(12-24)13-27-22(18)29)26-14-19(20)23(30)25-7-5-9-31-16(3)4/h6,8,10-11,13-16H,5,7,9H2,1-4H3,(H,25,30)(H,26,28). The Labute approximate surface area is 182 Å². The topological polar surface area (TPSA) is 105 Å². The van der Waals surface area contributed by atoms with E-state index in [1.54, 1.807) is 12.3 Å². The maximum Gasteiger partial charge on any atom is 0.254 e. The number of amides is 1. The van der Waals surface area contributed by atoms with Crippen LogP contribution in [-0.4, -0.2) is 45.7 Å². The summed E-state index contributed by atoms with van der Waals surface area (Å²) in [6.07, 6.45) is 5.90. The van der Waals surface area contributed by atoms with E-state index < -0.39 is 0 Å². The smallest absolute Gasteiger partial charge is 0.254 e. The molecule has 3 rings (SSSR count). The summed E-state index contributed by atoms with van der Waals surface area (Å²) in [5.41, 5.74) is 2.39. The van der Waals surface area contributed by atoms with Crippen molar-refractivity contribution in [1.29, 1.82) is 5.26 Å². The van der Waals surface area contributed by atoms with E-state index in [0.717, 1.165) is 11.8 Å². The number of ether oxygens (including phenoxy) is 1. The van der Waals surface area contributed by atoms with Crippen LogP contribution >= 0.6 is 0 Å². The highest BCUT2D eigenvalue weighted by Crippen LogP contribution is 2.23. The summed E-state index contributed by atoms with van der Waals surface area (Å²) in [5.74, 6) is 0.457. The number of nitrogens with one attached hydrogen (secondary N) is 2. The zero-order chi connectivity index (χ0) is 22.4. The van der Waals surface area contributed by atoms with Gasteiger partial charge >= 0.3 is 0 Å². The number of carbonyl (C=O) groups excluding carboxylic acids is 1. The van der Waals surface area contributed by atoms with Crippen LogP contribution in [0.4, 0.5) is 5.69 Å². The molecule has 0 saturated heterocycles. The molecule has 31 heavy (non-hydrogen) atoms. The maximum atomic E-state index is 12.7. The number of carbonyl (C=O) groups is 1. The molecule has 0 aliphatic rings. The Morgan fingerprint density at radius 2 is 2.03 bits per heavy atom. The van der Waals surface area contributed by atoms with Crippen LogP contribution in [0.15, 0.2) is 36.8 Å². The summed E-state index contributed by atoms with van der Waals surface area (Å²) in [6, 6.07) is 7.76. The van der Waals surface area contributed by atoms with E-state index >= 15 is 0 Å². The van der Waals surface area contributed by atoms with E-state index in [1.165, 1.54) is 6.20 Å². The van der Waals surface area contributed by atoms with Gasteiger partial charge in [0, 0.05) is 49.2 Å². The number of nitrogens with zero attached hydrogens (tertiary/aromatic N) is 4. The van der Waals surface area contributed by atoms with Crippen molar-refractivity contribution in [3.8, 4) is 11.9 Å². The first kappa shape index (κ1) is 22.2. The van der Waals surface area contributed by atoms with Crippen LogP contribution in [-0.2, 0) is 4.74 Å². The van der Waals surface area contributed by atoms with Gasteiger partial charge in [-0.2, -0.15) is 5.26 Å². The van der Waals surface area contributed by atoms with E-state index in [4.69, 9.17) is 10.00 Å². The normalized spacial score (nSPS) is 11.1. The predicted octanol–water partition coefficient (Wildman–Crippen LogP) is 3.66. The third-order valence-electron chi connectivity index (χ3n) is 4.54. The molecule has 0 aliphatic carbocycles. The summed E-state index contributed by atoms with van der Waals surface area (Å²) in [5, 5.41) is 16.2. The number of hydrogen-bond donors (Lipinski definition) is 2. The van der Waals surface area contributed by atoms with Gasteiger partial charge in [-0.25, -0.2) is 9.97 Å². The predicted molar refractivity (Wildman–Crippen MR) is 120 cm³/mol. The van der Waals surface area contributed by atoms with Gasteiger partial charge in [0.2, 0.25) is 0 Å². The van der Waals surface area contributed by atoms with Crippen molar-refractivity contribution in [2.75, 3.05) is 18.5 Å². The van der Waals surface area contributed by atoms with Crippen molar-refractivity contribution >= 4 is 22.6 Å². The van der Waals surface area contributed by atoms with Crippen LogP contribution in [0.5, 0.6) is 0 Å². The first-order valence-electron chi connectivity index (χ1n) is 10.4. The molecular weight excluding hydrogens is 392 g/mol. The van der Waals surface area contributed by atoms with E-state index in [-0.39, 0.29) is 18.1 Å². The molecule has 8 heteroatoms. The maximum absolute atomic E-state index is 12.7. The summed E-state index contributed by atoms with van der Waals surface area (Å²) < 4.78 is 7.35. The van der Waals surface area contributed by atoms with Gasteiger partial charge in [-0.1, -0.05) is 0 Å². The number of fused-ring (bicyclic) bond motifs is 1. The van der Waals surface area contributed by atoms with Crippen molar-refractivity contribution in [2.24, 2.45) is 0 Å². The average Bonchev–Trinajstić information content (AvgIpc) is 3.15. The summed E-state index contributed by atoms with van der Waals surface area (Å²) in [6.45, 7) is 9.14. The quantitative estimate of drug-likeness (QED) is 0.512. The van der Waals surface area contributed by atoms with Crippen LogP contribution in [0.3, 0.4) is 0 Å². The van der Waals surface area contributed by atoms with E-state index in [0.29, 0.717) is 41.4 Å². The zero-order valence-electron chi connectivity index (χ0n) is 18.3. The summed E-state index contributed by atoms with van der Waals surface area (Å²) in [4.78, 5) is 21.6. The van der Waals surface area contributed by atoms with Gasteiger partial charge in [0.1, 0.15) is 17.5 Å². The highest BCUT2D eigenvalue weighted by atomic mass is 16.5. The zero-order valence-corrected chi connectivity index (χ0v) is 18.3. The minimum Gasteiger partial charge on any atom is -0.382 e. The monoisotopic (exact) mass is 420 g/mol. The molecule has 0 spiro atoms. The average molecular weight is 421 g/mol. The van der Waals surface area contributed by atoms with Crippen molar-refractivity contribution in [1.82, 2.24) is 19.9 Å². The molecule has 3 aromatic rings. The lowest BCUT2D eigenvalue weighted by atomic mass is 10.2. The lowest BCUT2D eigenvalue weighted by Crippen LogP contribution is -2.27. The van der Waals surface area contributed by atoms with Crippen LogP contribution in [0.2, 0.25) is 0 Å². The van der Waals surface area contributed by atoms with Crippen molar-refractivity contribution in [2.45, 2.75) is 46.3 Å². The molecule has 8 nitrogen and oxygen atoms in total. The van der Waals surface area contributed by atoms with Crippen LogP contribution in [0.25, 0.3) is 16.9 Å². The van der Waals surface area contributed by atoms with E-state index in [9.17, 15) is 4.79 Å². The molecular formula is C23H28N6O2. The molecule has 0 fully saturated rings. The Bertz CT molecular complexity index is 1100. The van der Waals surface area contributed by atoms with E-state index in [2.05, 4.69) is 26.7 Å². The van der Waals surface area contributed by atoms with Crippen molar-refractivity contribution in [3.63, 3.8) is 0 Å². The SMILES string of the molecule is CC(C)Nc1cc(-n2ccc3cc(C#N)cnc32)ncc1C(=O)NCCCOC(C)C. The Hall–Kier alpha value is -3.44. The second-order valence-electron chi connectivity index (χ2n) is 7.85.